The van der Waals surface area contributed by atoms with Crippen LogP contribution in [0.1, 0.15) is 15.2 Å². The van der Waals surface area contributed by atoms with Gasteiger partial charge in [-0.2, -0.15) is 18.3 Å². The number of halogens is 4. The third-order valence-electron chi connectivity index (χ3n) is 3.12. The topological polar surface area (TPSA) is 46.9 Å². The molecule has 1 aromatic carbocycles. The molecule has 1 N–H and O–H groups in total. The fourth-order valence-corrected chi connectivity index (χ4v) is 2.98. The van der Waals surface area contributed by atoms with Crippen molar-refractivity contribution in [3.05, 3.63) is 63.6 Å². The third kappa shape index (κ3) is 3.44. The van der Waals surface area contributed by atoms with Gasteiger partial charge in [-0.25, -0.2) is 4.68 Å². The van der Waals surface area contributed by atoms with Gasteiger partial charge in [0.25, 0.3) is 5.91 Å². The van der Waals surface area contributed by atoms with Crippen molar-refractivity contribution in [1.29, 1.82) is 0 Å². The van der Waals surface area contributed by atoms with Crippen LogP contribution >= 0.6 is 22.9 Å². The molecule has 0 unspecified atom stereocenters. The largest absolute Gasteiger partial charge is 0.416 e. The van der Waals surface area contributed by atoms with E-state index in [0.717, 1.165) is 23.5 Å². The van der Waals surface area contributed by atoms with Crippen molar-refractivity contribution in [2.24, 2.45) is 0 Å². The zero-order valence-electron chi connectivity index (χ0n) is 11.8. The minimum absolute atomic E-state index is 0.00282. The van der Waals surface area contributed by atoms with E-state index in [1.54, 1.807) is 18.3 Å². The van der Waals surface area contributed by atoms with Gasteiger partial charge in [0.1, 0.15) is 0 Å². The highest BCUT2D eigenvalue weighted by Gasteiger charge is 2.31. The molecule has 0 spiro atoms. The molecule has 124 valence electrons. The maximum absolute atomic E-state index is 13.0. The van der Waals surface area contributed by atoms with Crippen molar-refractivity contribution < 1.29 is 18.0 Å². The van der Waals surface area contributed by atoms with E-state index in [2.05, 4.69) is 10.4 Å². The number of hydrogen-bond acceptors (Lipinski definition) is 3. The molecule has 2 heterocycles. The number of nitrogens with zero attached hydrogens (tertiary/aromatic N) is 2. The van der Waals surface area contributed by atoms with Gasteiger partial charge in [0.2, 0.25) is 0 Å². The lowest BCUT2D eigenvalue weighted by atomic mass is 10.1. The second kappa shape index (κ2) is 6.29. The summed E-state index contributed by atoms with van der Waals surface area (Å²) in [4.78, 5) is 12.5. The zero-order valence-corrected chi connectivity index (χ0v) is 13.4. The summed E-state index contributed by atoms with van der Waals surface area (Å²) in [7, 11) is 0. The number of carbonyl (C=O) groups is 1. The molecule has 0 aliphatic carbocycles. The standard InChI is InChI=1S/C15H9ClF3N3OS/c16-13-5-4-12(24-13)14(23)21-10-8-9(15(17,18)19)2-3-11(10)22-7-1-6-20-22/h1-8H,(H,21,23). The molecule has 0 saturated carbocycles. The number of carbonyl (C=O) groups excluding carboxylic acids is 1. The number of nitrogens with one attached hydrogen (secondary N) is 1. The second-order valence-corrected chi connectivity index (χ2v) is 6.45. The fraction of sp³-hybridized carbons (Fsp3) is 0.0667. The Hall–Kier alpha value is -2.32. The van der Waals surface area contributed by atoms with Gasteiger partial charge in [-0.15, -0.1) is 11.3 Å². The number of alkyl halides is 3. The van der Waals surface area contributed by atoms with Gasteiger partial charge in [0, 0.05) is 12.4 Å². The highest BCUT2D eigenvalue weighted by atomic mass is 35.5. The number of rotatable bonds is 3. The summed E-state index contributed by atoms with van der Waals surface area (Å²) in [5, 5.41) is 6.48. The van der Waals surface area contributed by atoms with Gasteiger partial charge in [0.05, 0.1) is 26.2 Å². The summed E-state index contributed by atoms with van der Waals surface area (Å²) in [5.41, 5.74) is -0.537. The van der Waals surface area contributed by atoms with Crippen LogP contribution in [0.2, 0.25) is 4.34 Å². The number of benzene rings is 1. The summed E-state index contributed by atoms with van der Waals surface area (Å²) >= 11 is 6.82. The lowest BCUT2D eigenvalue weighted by molar-refractivity contribution is -0.137. The predicted molar refractivity (Wildman–Crippen MR) is 85.8 cm³/mol. The first kappa shape index (κ1) is 16.5. The highest BCUT2D eigenvalue weighted by molar-refractivity contribution is 7.18. The fourth-order valence-electron chi connectivity index (χ4n) is 2.04. The highest BCUT2D eigenvalue weighted by Crippen LogP contribution is 2.33. The van der Waals surface area contributed by atoms with E-state index in [9.17, 15) is 18.0 Å². The van der Waals surface area contributed by atoms with E-state index >= 15 is 0 Å². The molecule has 0 radical (unpaired) electrons. The van der Waals surface area contributed by atoms with E-state index in [0.29, 0.717) is 14.9 Å². The summed E-state index contributed by atoms with van der Waals surface area (Å²) in [6.45, 7) is 0. The maximum Gasteiger partial charge on any atom is 0.416 e. The Labute approximate surface area is 143 Å². The van der Waals surface area contributed by atoms with E-state index in [4.69, 9.17) is 11.6 Å². The van der Waals surface area contributed by atoms with Crippen LogP contribution in [0.15, 0.2) is 48.8 Å². The molecule has 3 aromatic rings. The Balaban J connectivity index is 2.01. The number of amides is 1. The monoisotopic (exact) mass is 371 g/mol. The van der Waals surface area contributed by atoms with E-state index < -0.39 is 17.6 Å². The Bertz CT molecular complexity index is 874. The molecule has 0 saturated heterocycles. The molecular weight excluding hydrogens is 363 g/mol. The van der Waals surface area contributed by atoms with E-state index in [-0.39, 0.29) is 5.69 Å². The molecular formula is C15H9ClF3N3OS. The smallest absolute Gasteiger partial charge is 0.319 e. The van der Waals surface area contributed by atoms with Crippen LogP contribution in [0.5, 0.6) is 0 Å². The minimum atomic E-state index is -4.52. The molecule has 0 bridgehead atoms. The molecule has 9 heteroatoms. The molecule has 3 rings (SSSR count). The SMILES string of the molecule is O=C(Nc1cc(C(F)(F)F)ccc1-n1cccn1)c1ccc(Cl)s1. The third-order valence-corrected chi connectivity index (χ3v) is 4.35. The summed E-state index contributed by atoms with van der Waals surface area (Å²) in [6.07, 6.45) is -1.46. The number of aromatic nitrogens is 2. The van der Waals surface area contributed by atoms with Gasteiger partial charge in [-0.3, -0.25) is 4.79 Å². The molecule has 0 aliphatic heterocycles. The van der Waals surface area contributed by atoms with E-state index in [1.165, 1.54) is 23.0 Å². The summed E-state index contributed by atoms with van der Waals surface area (Å²) < 4.78 is 40.7. The lowest BCUT2D eigenvalue weighted by Gasteiger charge is -2.14. The molecule has 2 aromatic heterocycles. The van der Waals surface area contributed by atoms with Crippen LogP contribution in [-0.2, 0) is 6.18 Å². The Morgan fingerprint density at radius 1 is 1.25 bits per heavy atom. The van der Waals surface area contributed by atoms with Gasteiger partial charge < -0.3 is 5.32 Å². The van der Waals surface area contributed by atoms with Gasteiger partial charge in [-0.05, 0) is 36.4 Å². The lowest BCUT2D eigenvalue weighted by Crippen LogP contribution is -2.14. The zero-order chi connectivity index (χ0) is 17.3. The predicted octanol–water partition coefficient (Wildman–Crippen LogP) is 4.86. The first-order valence-corrected chi connectivity index (χ1v) is 7.82. The van der Waals surface area contributed by atoms with Crippen molar-refractivity contribution in [1.82, 2.24) is 9.78 Å². The summed E-state index contributed by atoms with van der Waals surface area (Å²) in [6, 6.07) is 7.75. The number of thiophene rings is 1. The number of hydrogen-bond donors (Lipinski definition) is 1. The Kier molecular flexibility index (Phi) is 4.33. The van der Waals surface area contributed by atoms with Gasteiger partial charge in [0.15, 0.2) is 0 Å². The molecule has 4 nitrogen and oxygen atoms in total. The number of anilines is 1. The first-order valence-electron chi connectivity index (χ1n) is 6.62. The van der Waals surface area contributed by atoms with Crippen molar-refractivity contribution in [2.45, 2.75) is 6.18 Å². The second-order valence-electron chi connectivity index (χ2n) is 4.74. The van der Waals surface area contributed by atoms with Crippen molar-refractivity contribution in [3.8, 4) is 5.69 Å². The van der Waals surface area contributed by atoms with Crippen LogP contribution in [0.3, 0.4) is 0 Å². The average molecular weight is 372 g/mol. The summed E-state index contributed by atoms with van der Waals surface area (Å²) in [5.74, 6) is -0.542. The minimum Gasteiger partial charge on any atom is -0.319 e. The van der Waals surface area contributed by atoms with Crippen molar-refractivity contribution in [2.75, 3.05) is 5.32 Å². The Morgan fingerprint density at radius 2 is 2.04 bits per heavy atom. The van der Waals surface area contributed by atoms with Gasteiger partial charge in [-0.1, -0.05) is 11.6 Å². The average Bonchev–Trinajstić information content (AvgIpc) is 3.17. The van der Waals surface area contributed by atoms with Crippen LogP contribution in [0.4, 0.5) is 18.9 Å². The van der Waals surface area contributed by atoms with Crippen molar-refractivity contribution >= 4 is 34.5 Å². The van der Waals surface area contributed by atoms with Crippen molar-refractivity contribution in [3.63, 3.8) is 0 Å². The van der Waals surface area contributed by atoms with Gasteiger partial charge >= 0.3 is 6.18 Å². The van der Waals surface area contributed by atoms with Crippen LogP contribution in [0.25, 0.3) is 5.69 Å². The normalized spacial score (nSPS) is 11.5. The Morgan fingerprint density at radius 3 is 2.62 bits per heavy atom. The van der Waals surface area contributed by atoms with Crippen LogP contribution in [-0.4, -0.2) is 15.7 Å². The molecule has 0 atom stereocenters. The first-order chi connectivity index (χ1) is 11.3. The molecule has 0 aliphatic rings. The molecule has 24 heavy (non-hydrogen) atoms. The van der Waals surface area contributed by atoms with Crippen LogP contribution in [0, 0.1) is 0 Å². The molecule has 0 fully saturated rings. The quantitative estimate of drug-likeness (QED) is 0.714. The van der Waals surface area contributed by atoms with Crippen LogP contribution < -0.4 is 5.32 Å². The maximum atomic E-state index is 13.0. The molecule has 1 amide bonds. The van der Waals surface area contributed by atoms with E-state index in [1.807, 2.05) is 0 Å².